The Morgan fingerprint density at radius 1 is 1.29 bits per heavy atom. The van der Waals surface area contributed by atoms with E-state index in [1.54, 1.807) is 30.2 Å². The van der Waals surface area contributed by atoms with Crippen LogP contribution in [0.5, 0.6) is 0 Å². The Balaban J connectivity index is 1.86. The van der Waals surface area contributed by atoms with Crippen LogP contribution in [-0.4, -0.2) is 34.5 Å². The average molecular weight is 286 g/mol. The zero-order valence-corrected chi connectivity index (χ0v) is 10.9. The van der Waals surface area contributed by atoms with Gasteiger partial charge < -0.3 is 5.32 Å². The molecule has 0 aliphatic carbocycles. The summed E-state index contributed by atoms with van der Waals surface area (Å²) in [6.45, 7) is 0. The van der Waals surface area contributed by atoms with Crippen molar-refractivity contribution in [2.45, 2.75) is 0 Å². The van der Waals surface area contributed by atoms with E-state index >= 15 is 0 Å². The molecule has 0 saturated heterocycles. The third kappa shape index (κ3) is 2.68. The molecule has 3 heterocycles. The van der Waals surface area contributed by atoms with Crippen molar-refractivity contribution < 1.29 is 4.92 Å². The highest BCUT2D eigenvalue weighted by molar-refractivity contribution is 5.51. The molecule has 0 saturated carbocycles. The molecule has 0 unspecified atom stereocenters. The first-order valence-corrected chi connectivity index (χ1v) is 5.90. The Bertz CT molecular complexity index is 793. The number of rotatable bonds is 4. The van der Waals surface area contributed by atoms with Gasteiger partial charge >= 0.3 is 5.69 Å². The van der Waals surface area contributed by atoms with Crippen molar-refractivity contribution in [3.05, 3.63) is 47.2 Å². The van der Waals surface area contributed by atoms with E-state index in [4.69, 9.17) is 0 Å². The number of hydrogen-bond acceptors (Lipinski definition) is 7. The smallest absolute Gasteiger partial charge is 0.307 e. The maximum atomic E-state index is 10.7. The van der Waals surface area contributed by atoms with Gasteiger partial charge in [0.05, 0.1) is 16.8 Å². The Kier molecular flexibility index (Phi) is 3.03. The summed E-state index contributed by atoms with van der Waals surface area (Å²) in [6.07, 6.45) is 7.39. The molecular formula is C11H10N8O2. The highest BCUT2D eigenvalue weighted by Crippen LogP contribution is 2.15. The number of aryl methyl sites for hydroxylation is 1. The van der Waals surface area contributed by atoms with Gasteiger partial charge in [-0.05, 0) is 0 Å². The van der Waals surface area contributed by atoms with Crippen LogP contribution in [0, 0.1) is 10.1 Å². The van der Waals surface area contributed by atoms with Crippen molar-refractivity contribution in [1.29, 1.82) is 0 Å². The van der Waals surface area contributed by atoms with Crippen LogP contribution in [-0.2, 0) is 7.05 Å². The van der Waals surface area contributed by atoms with Crippen LogP contribution >= 0.6 is 0 Å². The summed E-state index contributed by atoms with van der Waals surface area (Å²) in [5.74, 6) is 0.767. The quantitative estimate of drug-likeness (QED) is 0.562. The van der Waals surface area contributed by atoms with Gasteiger partial charge in [0.15, 0.2) is 5.82 Å². The monoisotopic (exact) mass is 286 g/mol. The minimum atomic E-state index is -0.514. The largest absolute Gasteiger partial charge is 0.321 e. The Labute approximate surface area is 118 Å². The number of nitrogens with zero attached hydrogens (tertiary/aromatic N) is 7. The minimum Gasteiger partial charge on any atom is -0.321 e. The highest BCUT2D eigenvalue weighted by atomic mass is 16.6. The summed E-state index contributed by atoms with van der Waals surface area (Å²) in [5, 5.41) is 21.6. The second-order valence-electron chi connectivity index (χ2n) is 4.17. The maximum absolute atomic E-state index is 10.7. The Hall–Kier alpha value is -3.30. The van der Waals surface area contributed by atoms with E-state index in [9.17, 15) is 10.1 Å². The molecule has 0 aromatic carbocycles. The molecule has 3 aromatic rings. The van der Waals surface area contributed by atoms with Gasteiger partial charge in [-0.25, -0.2) is 9.67 Å². The van der Waals surface area contributed by atoms with Gasteiger partial charge in [-0.3, -0.25) is 14.8 Å². The fourth-order valence-electron chi connectivity index (χ4n) is 1.68. The first kappa shape index (κ1) is 12.7. The third-order valence-electron chi connectivity index (χ3n) is 2.62. The van der Waals surface area contributed by atoms with Crippen LogP contribution in [0.15, 0.2) is 37.1 Å². The van der Waals surface area contributed by atoms with Crippen molar-refractivity contribution in [1.82, 2.24) is 29.5 Å². The van der Waals surface area contributed by atoms with Crippen LogP contribution in [0.4, 0.5) is 17.3 Å². The molecule has 0 radical (unpaired) electrons. The van der Waals surface area contributed by atoms with Crippen LogP contribution in [0.25, 0.3) is 5.82 Å². The Morgan fingerprint density at radius 2 is 2.14 bits per heavy atom. The van der Waals surface area contributed by atoms with E-state index < -0.39 is 4.92 Å². The van der Waals surface area contributed by atoms with Crippen LogP contribution < -0.4 is 5.32 Å². The van der Waals surface area contributed by atoms with Crippen LogP contribution in [0.2, 0.25) is 0 Å². The molecule has 0 spiro atoms. The molecular weight excluding hydrogens is 276 g/mol. The zero-order chi connectivity index (χ0) is 14.8. The van der Waals surface area contributed by atoms with Crippen molar-refractivity contribution in [3.63, 3.8) is 0 Å². The molecule has 0 bridgehead atoms. The fraction of sp³-hybridized carbons (Fsp3) is 0.0909. The average Bonchev–Trinajstić information content (AvgIpc) is 3.08. The van der Waals surface area contributed by atoms with E-state index in [0.717, 1.165) is 11.9 Å². The normalized spacial score (nSPS) is 10.5. The van der Waals surface area contributed by atoms with Crippen molar-refractivity contribution in [3.8, 4) is 5.82 Å². The summed E-state index contributed by atoms with van der Waals surface area (Å²) in [4.78, 5) is 18.5. The number of aromatic nitrogens is 6. The SMILES string of the molecule is Cn1cc(Nc2nccc(-n3cc([N+](=O)[O-])cn3)n2)cn1. The van der Waals surface area contributed by atoms with E-state index in [2.05, 4.69) is 25.5 Å². The molecule has 10 nitrogen and oxygen atoms in total. The van der Waals surface area contributed by atoms with E-state index in [1.165, 1.54) is 17.1 Å². The molecule has 0 aliphatic rings. The first-order valence-electron chi connectivity index (χ1n) is 5.90. The number of nitrogens with one attached hydrogen (secondary N) is 1. The summed E-state index contributed by atoms with van der Waals surface area (Å²) >= 11 is 0. The number of anilines is 2. The molecule has 21 heavy (non-hydrogen) atoms. The number of hydrogen-bond donors (Lipinski definition) is 1. The first-order chi connectivity index (χ1) is 10.1. The molecule has 3 aromatic heterocycles. The lowest BCUT2D eigenvalue weighted by Crippen LogP contribution is -2.02. The molecule has 106 valence electrons. The third-order valence-corrected chi connectivity index (χ3v) is 2.62. The predicted octanol–water partition coefficient (Wildman–Crippen LogP) is 1.05. The second kappa shape index (κ2) is 5.00. The molecule has 0 amide bonds. The summed E-state index contributed by atoms with van der Waals surface area (Å²) < 4.78 is 2.96. The molecule has 0 atom stereocenters. The fourth-order valence-corrected chi connectivity index (χ4v) is 1.68. The minimum absolute atomic E-state index is 0.101. The highest BCUT2D eigenvalue weighted by Gasteiger charge is 2.11. The predicted molar refractivity (Wildman–Crippen MR) is 72.3 cm³/mol. The van der Waals surface area contributed by atoms with Gasteiger partial charge in [-0.2, -0.15) is 15.2 Å². The van der Waals surface area contributed by atoms with Gasteiger partial charge in [0.25, 0.3) is 0 Å². The summed E-state index contributed by atoms with van der Waals surface area (Å²) in [5.41, 5.74) is 0.636. The Morgan fingerprint density at radius 3 is 2.81 bits per heavy atom. The van der Waals surface area contributed by atoms with Gasteiger partial charge in [-0.15, -0.1) is 0 Å². The van der Waals surface area contributed by atoms with Gasteiger partial charge in [0, 0.05) is 25.5 Å². The topological polar surface area (TPSA) is 117 Å². The molecule has 0 fully saturated rings. The molecule has 1 N–H and O–H groups in total. The van der Waals surface area contributed by atoms with Crippen LogP contribution in [0.3, 0.4) is 0 Å². The lowest BCUT2D eigenvalue weighted by Gasteiger charge is -2.03. The maximum Gasteiger partial charge on any atom is 0.307 e. The second-order valence-corrected chi connectivity index (χ2v) is 4.17. The standard InChI is InChI=1S/C11H10N8O2/c1-17-6-8(4-13-17)15-11-12-3-2-10(16-11)18-7-9(5-14-18)19(20)21/h2-7H,1H3,(H,12,15,16). The van der Waals surface area contributed by atoms with E-state index in [1.807, 2.05) is 0 Å². The van der Waals surface area contributed by atoms with E-state index in [-0.39, 0.29) is 5.69 Å². The summed E-state index contributed by atoms with van der Waals surface area (Å²) in [6, 6.07) is 1.60. The van der Waals surface area contributed by atoms with Crippen molar-refractivity contribution in [2.24, 2.45) is 7.05 Å². The molecule has 10 heteroatoms. The van der Waals surface area contributed by atoms with Gasteiger partial charge in [0.1, 0.15) is 12.4 Å². The lowest BCUT2D eigenvalue weighted by atomic mass is 10.5. The zero-order valence-electron chi connectivity index (χ0n) is 10.9. The summed E-state index contributed by atoms with van der Waals surface area (Å²) in [7, 11) is 1.80. The van der Waals surface area contributed by atoms with Crippen molar-refractivity contribution in [2.75, 3.05) is 5.32 Å². The molecule has 3 rings (SSSR count). The lowest BCUT2D eigenvalue weighted by molar-refractivity contribution is -0.384. The van der Waals surface area contributed by atoms with E-state index in [0.29, 0.717) is 11.8 Å². The van der Waals surface area contributed by atoms with Gasteiger partial charge in [-0.1, -0.05) is 0 Å². The van der Waals surface area contributed by atoms with Crippen molar-refractivity contribution >= 4 is 17.3 Å². The van der Waals surface area contributed by atoms with Gasteiger partial charge in [0.2, 0.25) is 5.95 Å². The van der Waals surface area contributed by atoms with Crippen LogP contribution in [0.1, 0.15) is 0 Å². The number of nitro groups is 1. The molecule has 0 aliphatic heterocycles.